The van der Waals surface area contributed by atoms with Crippen LogP contribution in [0.4, 0.5) is 10.6 Å². The van der Waals surface area contributed by atoms with Crippen molar-refractivity contribution in [2.45, 2.75) is 38.3 Å². The van der Waals surface area contributed by atoms with Crippen LogP contribution in [0.25, 0.3) is 0 Å². The molecule has 1 fully saturated rings. The van der Waals surface area contributed by atoms with E-state index in [0.717, 1.165) is 25.9 Å². The number of methoxy groups -OCH3 is 1. The van der Waals surface area contributed by atoms with Gasteiger partial charge in [0.25, 0.3) is 0 Å². The minimum Gasteiger partial charge on any atom is -0.464 e. The predicted molar refractivity (Wildman–Crippen MR) is 78.6 cm³/mol. The van der Waals surface area contributed by atoms with Gasteiger partial charge in [-0.15, -0.1) is 10.2 Å². The highest BCUT2D eigenvalue weighted by Gasteiger charge is 2.26. The molecular weight excluding hydrogens is 288 g/mol. The molecule has 1 saturated heterocycles. The Bertz CT molecular complexity index is 514. The van der Waals surface area contributed by atoms with E-state index in [-0.39, 0.29) is 29.7 Å². The maximum Gasteiger partial charge on any atom is 0.358 e. The van der Waals surface area contributed by atoms with Crippen molar-refractivity contribution in [2.24, 2.45) is 0 Å². The number of hydrogen-bond donors (Lipinski definition) is 2. The van der Waals surface area contributed by atoms with Crippen LogP contribution in [0.15, 0.2) is 12.1 Å². The van der Waals surface area contributed by atoms with Gasteiger partial charge in [0.1, 0.15) is 0 Å². The number of esters is 1. The van der Waals surface area contributed by atoms with E-state index in [4.69, 9.17) is 4.74 Å². The van der Waals surface area contributed by atoms with Gasteiger partial charge in [-0.2, -0.15) is 0 Å². The largest absolute Gasteiger partial charge is 0.464 e. The number of urea groups is 1. The van der Waals surface area contributed by atoms with E-state index >= 15 is 0 Å². The second kappa shape index (κ2) is 7.69. The van der Waals surface area contributed by atoms with E-state index in [2.05, 4.69) is 25.6 Å². The Kier molecular flexibility index (Phi) is 5.65. The number of hydrogen-bond acceptors (Lipinski definition) is 6. The number of amides is 2. The number of nitrogens with one attached hydrogen (secondary N) is 2. The molecule has 2 N–H and O–H groups in total. The quantitative estimate of drug-likeness (QED) is 0.796. The Morgan fingerprint density at radius 2 is 2.27 bits per heavy atom. The SMILES string of the molecule is CC[C@H](NC(=O)Nc1ccc(C(=O)OC)nn1)[C@H]1CCCO1. The van der Waals surface area contributed by atoms with Crippen molar-refractivity contribution < 1.29 is 19.1 Å². The van der Waals surface area contributed by atoms with Crippen molar-refractivity contribution in [3.63, 3.8) is 0 Å². The van der Waals surface area contributed by atoms with Gasteiger partial charge in [0.2, 0.25) is 0 Å². The Morgan fingerprint density at radius 3 is 2.82 bits per heavy atom. The van der Waals surface area contributed by atoms with Crippen molar-refractivity contribution >= 4 is 17.8 Å². The number of carbonyl (C=O) groups excluding carboxylic acids is 2. The summed E-state index contributed by atoms with van der Waals surface area (Å²) in [6.45, 7) is 2.74. The molecule has 0 aromatic carbocycles. The van der Waals surface area contributed by atoms with Gasteiger partial charge in [0, 0.05) is 6.61 Å². The molecule has 2 amide bonds. The fourth-order valence-corrected chi connectivity index (χ4v) is 2.31. The summed E-state index contributed by atoms with van der Waals surface area (Å²) >= 11 is 0. The standard InChI is InChI=1S/C14H20N4O4/c1-3-9(11-5-4-8-22-11)15-14(20)16-12-7-6-10(17-18-12)13(19)21-2/h6-7,9,11H,3-5,8H2,1-2H3,(H2,15,16,18,20)/t9-,11+/m0/s1. The molecule has 1 aliphatic rings. The number of rotatable bonds is 5. The number of carbonyl (C=O) groups is 2. The van der Waals surface area contributed by atoms with Crippen LogP contribution >= 0.6 is 0 Å². The predicted octanol–water partition coefficient (Wildman–Crippen LogP) is 1.34. The van der Waals surface area contributed by atoms with Crippen LogP contribution in [0.1, 0.15) is 36.7 Å². The van der Waals surface area contributed by atoms with Crippen LogP contribution in [0.5, 0.6) is 0 Å². The first-order valence-corrected chi connectivity index (χ1v) is 7.25. The van der Waals surface area contributed by atoms with E-state index in [0.29, 0.717) is 0 Å². The molecule has 0 saturated carbocycles. The Balaban J connectivity index is 1.89. The topological polar surface area (TPSA) is 102 Å². The second-order valence-corrected chi connectivity index (χ2v) is 4.96. The lowest BCUT2D eigenvalue weighted by atomic mass is 10.1. The van der Waals surface area contributed by atoms with Gasteiger partial charge in [-0.05, 0) is 31.4 Å². The maximum absolute atomic E-state index is 12.0. The molecule has 0 unspecified atom stereocenters. The van der Waals surface area contributed by atoms with Crippen LogP contribution < -0.4 is 10.6 Å². The van der Waals surface area contributed by atoms with Gasteiger partial charge in [-0.25, -0.2) is 9.59 Å². The summed E-state index contributed by atoms with van der Waals surface area (Å²) in [5.74, 6) is -0.319. The van der Waals surface area contributed by atoms with Crippen molar-refractivity contribution in [3.8, 4) is 0 Å². The molecule has 8 nitrogen and oxygen atoms in total. The van der Waals surface area contributed by atoms with Crippen LogP contribution in [0.2, 0.25) is 0 Å². The zero-order valence-electron chi connectivity index (χ0n) is 12.7. The first-order valence-electron chi connectivity index (χ1n) is 7.25. The van der Waals surface area contributed by atoms with Crippen LogP contribution in [0, 0.1) is 0 Å². The molecular formula is C14H20N4O4. The fraction of sp³-hybridized carbons (Fsp3) is 0.571. The summed E-state index contributed by atoms with van der Waals surface area (Å²) < 4.78 is 10.1. The normalized spacial score (nSPS) is 18.5. The molecule has 2 heterocycles. The Morgan fingerprint density at radius 1 is 1.45 bits per heavy atom. The average molecular weight is 308 g/mol. The first kappa shape index (κ1) is 16.2. The van der Waals surface area contributed by atoms with Crippen LogP contribution in [0.3, 0.4) is 0 Å². The molecule has 2 atom stereocenters. The second-order valence-electron chi connectivity index (χ2n) is 4.96. The van der Waals surface area contributed by atoms with Gasteiger partial charge in [-0.1, -0.05) is 6.92 Å². The highest BCUT2D eigenvalue weighted by atomic mass is 16.5. The molecule has 1 aromatic heterocycles. The summed E-state index contributed by atoms with van der Waals surface area (Å²) in [7, 11) is 1.26. The number of aromatic nitrogens is 2. The molecule has 0 radical (unpaired) electrons. The van der Waals surface area contributed by atoms with Gasteiger partial charge < -0.3 is 14.8 Å². The molecule has 0 bridgehead atoms. The van der Waals surface area contributed by atoms with E-state index in [1.165, 1.54) is 19.2 Å². The summed E-state index contributed by atoms with van der Waals surface area (Å²) in [5.41, 5.74) is 0.0826. The molecule has 0 spiro atoms. The van der Waals surface area contributed by atoms with Crippen LogP contribution in [-0.4, -0.2) is 48.1 Å². The lowest BCUT2D eigenvalue weighted by molar-refractivity contribution is 0.0592. The molecule has 1 aliphatic heterocycles. The average Bonchev–Trinajstić information content (AvgIpc) is 3.06. The highest BCUT2D eigenvalue weighted by Crippen LogP contribution is 2.17. The zero-order chi connectivity index (χ0) is 15.9. The summed E-state index contributed by atoms with van der Waals surface area (Å²) in [6, 6.07) is 2.52. The Labute approximate surface area is 128 Å². The van der Waals surface area contributed by atoms with E-state index < -0.39 is 5.97 Å². The van der Waals surface area contributed by atoms with Gasteiger partial charge in [-0.3, -0.25) is 5.32 Å². The van der Waals surface area contributed by atoms with Crippen molar-refractivity contribution in [2.75, 3.05) is 19.0 Å². The van der Waals surface area contributed by atoms with E-state index in [1.54, 1.807) is 0 Å². The Hall–Kier alpha value is -2.22. The lowest BCUT2D eigenvalue weighted by Gasteiger charge is -2.22. The molecule has 1 aromatic rings. The van der Waals surface area contributed by atoms with Gasteiger partial charge in [0.15, 0.2) is 11.5 Å². The molecule has 2 rings (SSSR count). The number of ether oxygens (including phenoxy) is 2. The molecule has 0 aliphatic carbocycles. The van der Waals surface area contributed by atoms with Crippen molar-refractivity contribution in [1.82, 2.24) is 15.5 Å². The lowest BCUT2D eigenvalue weighted by Crippen LogP contribution is -2.44. The van der Waals surface area contributed by atoms with Crippen molar-refractivity contribution in [1.29, 1.82) is 0 Å². The maximum atomic E-state index is 12.0. The molecule has 120 valence electrons. The number of anilines is 1. The monoisotopic (exact) mass is 308 g/mol. The third-order valence-electron chi connectivity index (χ3n) is 3.47. The number of nitrogens with zero attached hydrogens (tertiary/aromatic N) is 2. The minimum atomic E-state index is -0.576. The highest BCUT2D eigenvalue weighted by molar-refractivity contribution is 5.89. The summed E-state index contributed by atoms with van der Waals surface area (Å²) in [5, 5.41) is 12.9. The minimum absolute atomic E-state index is 0.0372. The van der Waals surface area contributed by atoms with E-state index in [1.807, 2.05) is 6.92 Å². The third kappa shape index (κ3) is 4.14. The van der Waals surface area contributed by atoms with E-state index in [9.17, 15) is 9.59 Å². The molecule has 8 heteroatoms. The zero-order valence-corrected chi connectivity index (χ0v) is 12.7. The third-order valence-corrected chi connectivity index (χ3v) is 3.47. The fourth-order valence-electron chi connectivity index (χ4n) is 2.31. The van der Waals surface area contributed by atoms with Gasteiger partial charge >= 0.3 is 12.0 Å². The van der Waals surface area contributed by atoms with Gasteiger partial charge in [0.05, 0.1) is 19.3 Å². The van der Waals surface area contributed by atoms with Crippen molar-refractivity contribution in [3.05, 3.63) is 17.8 Å². The molecule has 22 heavy (non-hydrogen) atoms. The smallest absolute Gasteiger partial charge is 0.358 e. The van der Waals surface area contributed by atoms with Crippen LogP contribution in [-0.2, 0) is 9.47 Å². The first-order chi connectivity index (χ1) is 10.6. The summed E-state index contributed by atoms with van der Waals surface area (Å²) in [6.07, 6.45) is 2.81. The summed E-state index contributed by atoms with van der Waals surface area (Å²) in [4.78, 5) is 23.2.